The highest BCUT2D eigenvalue weighted by Gasteiger charge is 2.16. The van der Waals surface area contributed by atoms with Crippen molar-refractivity contribution < 1.29 is 0 Å². The molecule has 1 aliphatic rings. The Labute approximate surface area is 101 Å². The van der Waals surface area contributed by atoms with Crippen molar-refractivity contribution in [3.63, 3.8) is 0 Å². The fourth-order valence-corrected chi connectivity index (χ4v) is 2.17. The molecule has 14 heavy (non-hydrogen) atoms. The van der Waals surface area contributed by atoms with E-state index in [0.29, 0.717) is 6.04 Å². The van der Waals surface area contributed by atoms with Gasteiger partial charge in [0.15, 0.2) is 0 Å². The molecule has 0 amide bonds. The summed E-state index contributed by atoms with van der Waals surface area (Å²) in [6, 6.07) is 0.411. The van der Waals surface area contributed by atoms with E-state index in [2.05, 4.69) is 9.88 Å². The van der Waals surface area contributed by atoms with Crippen LogP contribution < -0.4 is 10.6 Å². The molecular weight excluding hydrogens is 241 g/mol. The summed E-state index contributed by atoms with van der Waals surface area (Å²) < 4.78 is 0. The molecule has 1 aromatic heterocycles. The van der Waals surface area contributed by atoms with Crippen LogP contribution in [-0.2, 0) is 0 Å². The van der Waals surface area contributed by atoms with Crippen molar-refractivity contribution in [3.05, 3.63) is 11.7 Å². The monoisotopic (exact) mass is 255 g/mol. The highest BCUT2D eigenvalue weighted by molar-refractivity contribution is 7.13. The van der Waals surface area contributed by atoms with Gasteiger partial charge >= 0.3 is 0 Å². The Morgan fingerprint density at radius 2 is 2.00 bits per heavy atom. The quantitative estimate of drug-likeness (QED) is 0.834. The van der Waals surface area contributed by atoms with E-state index >= 15 is 0 Å². The first kappa shape index (κ1) is 14.0. The number of rotatable bonds is 1. The minimum absolute atomic E-state index is 0. The molecule has 1 saturated heterocycles. The lowest BCUT2D eigenvalue weighted by Crippen LogP contribution is -2.39. The number of anilines is 1. The van der Waals surface area contributed by atoms with Gasteiger partial charge in [-0.1, -0.05) is 0 Å². The summed E-state index contributed by atoms with van der Waals surface area (Å²) in [5.74, 6) is 0. The van der Waals surface area contributed by atoms with Crippen LogP contribution in [0.1, 0.15) is 12.8 Å². The van der Waals surface area contributed by atoms with E-state index in [1.807, 2.05) is 11.7 Å². The summed E-state index contributed by atoms with van der Waals surface area (Å²) in [4.78, 5) is 6.42. The SMILES string of the molecule is Cl.Cl.NC1CCN(c2cncs2)CC1. The molecule has 0 spiro atoms. The number of hydrogen-bond acceptors (Lipinski definition) is 4. The Balaban J connectivity index is 0.000000845. The molecule has 1 aromatic rings. The number of aromatic nitrogens is 1. The summed E-state index contributed by atoms with van der Waals surface area (Å²) in [5.41, 5.74) is 7.69. The van der Waals surface area contributed by atoms with Crippen molar-refractivity contribution in [2.45, 2.75) is 18.9 Å². The molecule has 1 aliphatic heterocycles. The largest absolute Gasteiger partial charge is 0.362 e. The Hall–Kier alpha value is -0.0300. The topological polar surface area (TPSA) is 42.1 Å². The van der Waals surface area contributed by atoms with E-state index in [-0.39, 0.29) is 24.8 Å². The summed E-state index contributed by atoms with van der Waals surface area (Å²) in [6.07, 6.45) is 4.15. The second-order valence-electron chi connectivity index (χ2n) is 3.16. The van der Waals surface area contributed by atoms with Gasteiger partial charge in [0.1, 0.15) is 5.00 Å². The molecule has 2 rings (SSSR count). The van der Waals surface area contributed by atoms with Crippen LogP contribution in [0.2, 0.25) is 0 Å². The van der Waals surface area contributed by atoms with Crippen LogP contribution >= 0.6 is 36.2 Å². The fourth-order valence-electron chi connectivity index (χ4n) is 1.49. The third kappa shape index (κ3) is 3.28. The van der Waals surface area contributed by atoms with E-state index in [9.17, 15) is 0 Å². The Morgan fingerprint density at radius 3 is 2.50 bits per heavy atom. The summed E-state index contributed by atoms with van der Waals surface area (Å²) in [6.45, 7) is 2.17. The van der Waals surface area contributed by atoms with E-state index < -0.39 is 0 Å². The molecule has 0 aromatic carbocycles. The van der Waals surface area contributed by atoms with Crippen molar-refractivity contribution in [1.82, 2.24) is 4.98 Å². The molecule has 0 saturated carbocycles. The standard InChI is InChI=1S/C8H13N3S.2ClH/c9-7-1-3-11(4-2-7)8-5-10-6-12-8;;/h5-7H,1-4,9H2;2*1H. The number of nitrogens with zero attached hydrogens (tertiary/aromatic N) is 2. The third-order valence-corrected chi connectivity index (χ3v) is 3.10. The first-order valence-corrected chi connectivity index (χ1v) is 5.13. The zero-order valence-electron chi connectivity index (χ0n) is 7.76. The fraction of sp³-hybridized carbons (Fsp3) is 0.625. The van der Waals surface area contributed by atoms with E-state index in [0.717, 1.165) is 25.9 Å². The predicted molar refractivity (Wildman–Crippen MR) is 66.0 cm³/mol. The lowest BCUT2D eigenvalue weighted by molar-refractivity contribution is 0.503. The van der Waals surface area contributed by atoms with Gasteiger partial charge in [0, 0.05) is 19.1 Å². The molecule has 6 heteroatoms. The molecule has 0 aliphatic carbocycles. The van der Waals surface area contributed by atoms with Crippen molar-refractivity contribution in [2.75, 3.05) is 18.0 Å². The van der Waals surface area contributed by atoms with Crippen molar-refractivity contribution in [1.29, 1.82) is 0 Å². The van der Waals surface area contributed by atoms with Crippen LogP contribution in [0, 0.1) is 0 Å². The minimum atomic E-state index is 0. The number of hydrogen-bond donors (Lipinski definition) is 1. The smallest absolute Gasteiger partial charge is 0.111 e. The summed E-state index contributed by atoms with van der Waals surface area (Å²) in [7, 11) is 0. The molecule has 0 atom stereocenters. The van der Waals surface area contributed by atoms with Crippen LogP contribution in [-0.4, -0.2) is 24.1 Å². The van der Waals surface area contributed by atoms with Crippen LogP contribution in [0.4, 0.5) is 5.00 Å². The summed E-state index contributed by atoms with van der Waals surface area (Å²) in [5, 5.41) is 1.28. The van der Waals surface area contributed by atoms with E-state index in [1.54, 1.807) is 11.3 Å². The highest BCUT2D eigenvalue weighted by atomic mass is 35.5. The van der Waals surface area contributed by atoms with E-state index in [1.165, 1.54) is 5.00 Å². The second kappa shape index (κ2) is 6.45. The average Bonchev–Trinajstić information content (AvgIpc) is 2.58. The second-order valence-corrected chi connectivity index (χ2v) is 4.03. The van der Waals surface area contributed by atoms with Crippen LogP contribution in [0.15, 0.2) is 11.7 Å². The van der Waals surface area contributed by atoms with Gasteiger partial charge in [-0.05, 0) is 12.8 Å². The van der Waals surface area contributed by atoms with Gasteiger partial charge < -0.3 is 10.6 Å². The normalized spacial score (nSPS) is 17.1. The van der Waals surface area contributed by atoms with Gasteiger partial charge in [0.2, 0.25) is 0 Å². The third-order valence-electron chi connectivity index (χ3n) is 2.27. The molecule has 0 bridgehead atoms. The van der Waals surface area contributed by atoms with Crippen molar-refractivity contribution in [3.8, 4) is 0 Å². The number of thiazole rings is 1. The minimum Gasteiger partial charge on any atom is -0.362 e. The Bertz CT molecular complexity index is 235. The van der Waals surface area contributed by atoms with Gasteiger partial charge in [0.05, 0.1) is 11.7 Å². The maximum atomic E-state index is 5.81. The molecule has 1 fully saturated rings. The molecule has 0 unspecified atom stereocenters. The average molecular weight is 256 g/mol. The van der Waals surface area contributed by atoms with Gasteiger partial charge in [-0.2, -0.15) is 0 Å². The van der Waals surface area contributed by atoms with Crippen LogP contribution in [0.25, 0.3) is 0 Å². The Morgan fingerprint density at radius 1 is 1.36 bits per heavy atom. The first-order valence-electron chi connectivity index (χ1n) is 4.25. The maximum absolute atomic E-state index is 5.81. The lowest BCUT2D eigenvalue weighted by atomic mass is 10.1. The van der Waals surface area contributed by atoms with E-state index in [4.69, 9.17) is 5.73 Å². The predicted octanol–water partition coefficient (Wildman–Crippen LogP) is 1.91. The van der Waals surface area contributed by atoms with Crippen LogP contribution in [0.3, 0.4) is 0 Å². The summed E-state index contributed by atoms with van der Waals surface area (Å²) >= 11 is 1.70. The lowest BCUT2D eigenvalue weighted by Gasteiger charge is -2.30. The van der Waals surface area contributed by atoms with Crippen molar-refractivity contribution >= 4 is 41.2 Å². The Kier molecular flexibility index (Phi) is 6.44. The number of halogens is 2. The highest BCUT2D eigenvalue weighted by Crippen LogP contribution is 2.22. The molecule has 0 radical (unpaired) electrons. The van der Waals surface area contributed by atoms with Crippen molar-refractivity contribution in [2.24, 2.45) is 5.73 Å². The zero-order valence-corrected chi connectivity index (χ0v) is 10.2. The molecule has 2 N–H and O–H groups in total. The number of nitrogens with two attached hydrogens (primary N) is 1. The van der Waals surface area contributed by atoms with Gasteiger partial charge in [-0.3, -0.25) is 4.98 Å². The molecule has 82 valence electrons. The molecule has 3 nitrogen and oxygen atoms in total. The number of piperidine rings is 1. The molecule has 2 heterocycles. The maximum Gasteiger partial charge on any atom is 0.111 e. The van der Waals surface area contributed by atoms with Gasteiger partial charge in [0.25, 0.3) is 0 Å². The van der Waals surface area contributed by atoms with Gasteiger partial charge in [-0.25, -0.2) is 0 Å². The zero-order chi connectivity index (χ0) is 8.39. The van der Waals surface area contributed by atoms with Gasteiger partial charge in [-0.15, -0.1) is 36.2 Å². The molecular formula is C8H15Cl2N3S. The van der Waals surface area contributed by atoms with Crippen LogP contribution in [0.5, 0.6) is 0 Å². The first-order chi connectivity index (χ1) is 5.86.